The van der Waals surface area contributed by atoms with Gasteiger partial charge in [-0.05, 0) is 18.2 Å². The van der Waals surface area contributed by atoms with Crippen LogP contribution in [0.25, 0.3) is 10.9 Å². The maximum absolute atomic E-state index is 12.1. The van der Waals surface area contributed by atoms with Crippen molar-refractivity contribution in [1.29, 1.82) is 0 Å². The molecule has 3 aromatic rings. The normalized spacial score (nSPS) is 10.8. The molecule has 0 aliphatic heterocycles. The quantitative estimate of drug-likeness (QED) is 0.638. The molecule has 0 unspecified atom stereocenters. The van der Waals surface area contributed by atoms with Gasteiger partial charge in [0.25, 0.3) is 0 Å². The third-order valence-corrected chi connectivity index (χ3v) is 4.13. The van der Waals surface area contributed by atoms with E-state index in [-0.39, 0.29) is 5.78 Å². The molecule has 0 aliphatic carbocycles. The van der Waals surface area contributed by atoms with Crippen LogP contribution in [0, 0.1) is 0 Å². The fraction of sp³-hybridized carbons (Fsp3) is 0.118. The summed E-state index contributed by atoms with van der Waals surface area (Å²) in [7, 11) is 0. The third-order valence-electron chi connectivity index (χ3n) is 3.44. The maximum Gasteiger partial charge on any atom is 0.164 e. The molecule has 20 heavy (non-hydrogen) atoms. The molecule has 0 aliphatic rings. The Bertz CT molecular complexity index is 746. The highest BCUT2D eigenvalue weighted by Gasteiger charge is 2.07. The summed E-state index contributed by atoms with van der Waals surface area (Å²) in [5.41, 5.74) is 1.94. The molecular formula is C17H14BrNO. The number of hydrogen-bond donors (Lipinski definition) is 0. The first-order valence-corrected chi connectivity index (χ1v) is 7.36. The number of benzene rings is 2. The van der Waals surface area contributed by atoms with Crippen molar-refractivity contribution >= 4 is 32.6 Å². The van der Waals surface area contributed by atoms with Gasteiger partial charge in [0.1, 0.15) is 0 Å². The number of rotatable bonds is 4. The van der Waals surface area contributed by atoms with E-state index < -0.39 is 0 Å². The van der Waals surface area contributed by atoms with Crippen LogP contribution in [0.5, 0.6) is 0 Å². The third kappa shape index (κ3) is 2.54. The monoisotopic (exact) mass is 327 g/mol. The van der Waals surface area contributed by atoms with Gasteiger partial charge in [0.15, 0.2) is 5.78 Å². The van der Waals surface area contributed by atoms with Crippen molar-refractivity contribution in [1.82, 2.24) is 4.57 Å². The summed E-state index contributed by atoms with van der Waals surface area (Å²) >= 11 is 3.55. The standard InChI is InChI=1S/C17H14BrNO/c18-15-7-4-8-16-14(15)9-11-19(16)12-10-17(20)13-5-2-1-3-6-13/h1-9,11H,10,12H2. The van der Waals surface area contributed by atoms with Gasteiger partial charge >= 0.3 is 0 Å². The van der Waals surface area contributed by atoms with E-state index in [1.54, 1.807) is 0 Å². The number of nitrogens with zero attached hydrogens (tertiary/aromatic N) is 1. The van der Waals surface area contributed by atoms with Crippen LogP contribution < -0.4 is 0 Å². The van der Waals surface area contributed by atoms with E-state index in [4.69, 9.17) is 0 Å². The van der Waals surface area contributed by atoms with Gasteiger partial charge in [0, 0.05) is 40.1 Å². The largest absolute Gasteiger partial charge is 0.347 e. The number of carbonyl (C=O) groups excluding carboxylic acids is 1. The molecule has 0 saturated carbocycles. The molecule has 0 fully saturated rings. The molecule has 0 radical (unpaired) electrons. The van der Waals surface area contributed by atoms with Crippen molar-refractivity contribution < 1.29 is 4.79 Å². The maximum atomic E-state index is 12.1. The highest BCUT2D eigenvalue weighted by Crippen LogP contribution is 2.24. The summed E-state index contributed by atoms with van der Waals surface area (Å²) in [6.45, 7) is 0.702. The van der Waals surface area contributed by atoms with E-state index in [9.17, 15) is 4.79 Å². The molecule has 3 heteroatoms. The van der Waals surface area contributed by atoms with Gasteiger partial charge in [0.05, 0.1) is 0 Å². The average molecular weight is 328 g/mol. The summed E-state index contributed by atoms with van der Waals surface area (Å²) in [5.74, 6) is 0.183. The zero-order valence-corrected chi connectivity index (χ0v) is 12.5. The molecule has 2 nitrogen and oxygen atoms in total. The fourth-order valence-corrected chi connectivity index (χ4v) is 2.86. The minimum atomic E-state index is 0.183. The Labute approximate surface area is 126 Å². The summed E-state index contributed by atoms with van der Waals surface area (Å²) in [4.78, 5) is 12.1. The lowest BCUT2D eigenvalue weighted by Crippen LogP contribution is -2.05. The lowest BCUT2D eigenvalue weighted by molar-refractivity contribution is 0.0977. The van der Waals surface area contributed by atoms with E-state index in [2.05, 4.69) is 32.6 Å². The van der Waals surface area contributed by atoms with Crippen LogP contribution in [0.2, 0.25) is 0 Å². The molecule has 1 aromatic heterocycles. The van der Waals surface area contributed by atoms with Crippen molar-refractivity contribution in [3.8, 4) is 0 Å². The second-order valence-electron chi connectivity index (χ2n) is 4.72. The summed E-state index contributed by atoms with van der Waals surface area (Å²) in [6.07, 6.45) is 2.55. The van der Waals surface area contributed by atoms with Gasteiger partial charge < -0.3 is 4.57 Å². The van der Waals surface area contributed by atoms with Gasteiger partial charge in [-0.2, -0.15) is 0 Å². The molecule has 0 spiro atoms. The summed E-state index contributed by atoms with van der Waals surface area (Å²) in [6, 6.07) is 17.7. The zero-order valence-electron chi connectivity index (χ0n) is 10.9. The number of carbonyl (C=O) groups is 1. The Kier molecular flexibility index (Phi) is 3.70. The van der Waals surface area contributed by atoms with Gasteiger partial charge in [-0.1, -0.05) is 52.3 Å². The van der Waals surface area contributed by atoms with Gasteiger partial charge in [-0.3, -0.25) is 4.79 Å². The fourth-order valence-electron chi connectivity index (χ4n) is 2.37. The van der Waals surface area contributed by atoms with Crippen molar-refractivity contribution in [2.24, 2.45) is 0 Å². The molecule has 100 valence electrons. The Morgan fingerprint density at radius 2 is 1.80 bits per heavy atom. The molecule has 1 heterocycles. The Hall–Kier alpha value is -1.87. The predicted molar refractivity (Wildman–Crippen MR) is 85.0 cm³/mol. The van der Waals surface area contributed by atoms with Crippen molar-refractivity contribution in [3.05, 3.63) is 70.8 Å². The zero-order chi connectivity index (χ0) is 13.9. The number of aromatic nitrogens is 1. The van der Waals surface area contributed by atoms with Crippen LogP contribution >= 0.6 is 15.9 Å². The summed E-state index contributed by atoms with van der Waals surface area (Å²) in [5, 5.41) is 1.18. The topological polar surface area (TPSA) is 22.0 Å². The Balaban J connectivity index is 1.78. The highest BCUT2D eigenvalue weighted by atomic mass is 79.9. The minimum absolute atomic E-state index is 0.183. The lowest BCUT2D eigenvalue weighted by Gasteiger charge is -2.05. The Morgan fingerprint density at radius 3 is 2.60 bits per heavy atom. The molecule has 0 amide bonds. The van der Waals surface area contributed by atoms with Crippen LogP contribution in [0.3, 0.4) is 0 Å². The average Bonchev–Trinajstić information content (AvgIpc) is 2.90. The second-order valence-corrected chi connectivity index (χ2v) is 5.58. The lowest BCUT2D eigenvalue weighted by atomic mass is 10.1. The first-order chi connectivity index (χ1) is 9.75. The van der Waals surface area contributed by atoms with Gasteiger partial charge in [-0.25, -0.2) is 0 Å². The minimum Gasteiger partial charge on any atom is -0.347 e. The van der Waals surface area contributed by atoms with Crippen molar-refractivity contribution in [2.45, 2.75) is 13.0 Å². The van der Waals surface area contributed by atoms with Gasteiger partial charge in [0.2, 0.25) is 0 Å². The van der Waals surface area contributed by atoms with Crippen LogP contribution in [0.4, 0.5) is 0 Å². The number of fused-ring (bicyclic) bond motifs is 1. The van der Waals surface area contributed by atoms with E-state index >= 15 is 0 Å². The van der Waals surface area contributed by atoms with Crippen LogP contribution in [-0.2, 0) is 6.54 Å². The molecule has 0 saturated heterocycles. The van der Waals surface area contributed by atoms with E-state index in [1.165, 1.54) is 5.39 Å². The smallest absolute Gasteiger partial charge is 0.164 e. The van der Waals surface area contributed by atoms with Crippen LogP contribution in [-0.4, -0.2) is 10.4 Å². The van der Waals surface area contributed by atoms with Crippen LogP contribution in [0.1, 0.15) is 16.8 Å². The van der Waals surface area contributed by atoms with Crippen molar-refractivity contribution in [2.75, 3.05) is 0 Å². The number of aryl methyl sites for hydroxylation is 1. The number of hydrogen-bond acceptors (Lipinski definition) is 1. The molecular weight excluding hydrogens is 314 g/mol. The van der Waals surface area contributed by atoms with Crippen LogP contribution in [0.15, 0.2) is 65.3 Å². The molecule has 2 aromatic carbocycles. The number of Topliss-reactive ketones (excluding diaryl/α,β-unsaturated/α-hetero) is 1. The van der Waals surface area contributed by atoms with Crippen molar-refractivity contribution in [3.63, 3.8) is 0 Å². The number of halogens is 1. The van der Waals surface area contributed by atoms with E-state index in [0.717, 1.165) is 15.6 Å². The van der Waals surface area contributed by atoms with E-state index in [0.29, 0.717) is 13.0 Å². The molecule has 0 atom stereocenters. The highest BCUT2D eigenvalue weighted by molar-refractivity contribution is 9.10. The molecule has 3 rings (SSSR count). The SMILES string of the molecule is O=C(CCn1ccc2c(Br)cccc21)c1ccccc1. The number of ketones is 1. The molecule has 0 bridgehead atoms. The van der Waals surface area contributed by atoms with E-state index in [1.807, 2.05) is 48.7 Å². The van der Waals surface area contributed by atoms with Gasteiger partial charge in [-0.15, -0.1) is 0 Å². The summed E-state index contributed by atoms with van der Waals surface area (Å²) < 4.78 is 3.21. The first kappa shape index (κ1) is 13.1. The molecule has 0 N–H and O–H groups in total. The first-order valence-electron chi connectivity index (χ1n) is 6.57. The predicted octanol–water partition coefficient (Wildman–Crippen LogP) is 4.68. The second kappa shape index (κ2) is 5.63. The Morgan fingerprint density at radius 1 is 1.00 bits per heavy atom.